The number of hydrogen-bond acceptors (Lipinski definition) is 4. The van der Waals surface area contributed by atoms with Crippen molar-refractivity contribution in [2.75, 3.05) is 39.4 Å². The number of rotatable bonds is 4. The molecule has 2 saturated heterocycles. The van der Waals surface area contributed by atoms with Gasteiger partial charge in [0, 0.05) is 45.3 Å². The van der Waals surface area contributed by atoms with Gasteiger partial charge in [0.2, 0.25) is 5.91 Å². The molecule has 0 aromatic rings. The van der Waals surface area contributed by atoms with Gasteiger partial charge in [-0.3, -0.25) is 14.5 Å². The first kappa shape index (κ1) is 18.2. The number of piperazine rings is 1. The molecule has 7 heteroatoms. The summed E-state index contributed by atoms with van der Waals surface area (Å²) in [5, 5.41) is 9.57. The second-order valence-electron chi connectivity index (χ2n) is 6.61. The Morgan fingerprint density at radius 2 is 1.87 bits per heavy atom. The molecule has 0 spiro atoms. The molecule has 1 atom stereocenters. The highest BCUT2D eigenvalue weighted by molar-refractivity contribution is 5.88. The van der Waals surface area contributed by atoms with Crippen LogP contribution < -0.4 is 0 Å². The van der Waals surface area contributed by atoms with Crippen LogP contribution in [-0.2, 0) is 14.3 Å². The van der Waals surface area contributed by atoms with Gasteiger partial charge in [-0.1, -0.05) is 5.57 Å². The largest absolute Gasteiger partial charge is 0.480 e. The average Bonchev–Trinajstić information content (AvgIpc) is 3.24. The van der Waals surface area contributed by atoms with Crippen molar-refractivity contribution < 1.29 is 19.4 Å². The van der Waals surface area contributed by atoms with Crippen molar-refractivity contribution in [1.82, 2.24) is 9.80 Å². The Balaban J connectivity index is 0.00000192. The van der Waals surface area contributed by atoms with Crippen LogP contribution in [0.2, 0.25) is 0 Å². The van der Waals surface area contributed by atoms with Crippen LogP contribution in [0.4, 0.5) is 0 Å². The van der Waals surface area contributed by atoms with Crippen LogP contribution in [0.3, 0.4) is 0 Å². The van der Waals surface area contributed by atoms with E-state index >= 15 is 0 Å². The van der Waals surface area contributed by atoms with E-state index in [9.17, 15) is 14.7 Å². The highest BCUT2D eigenvalue weighted by Crippen LogP contribution is 2.36. The highest BCUT2D eigenvalue weighted by atomic mass is 35.5. The summed E-state index contributed by atoms with van der Waals surface area (Å²) in [6.07, 6.45) is 4.69. The Morgan fingerprint density at radius 3 is 2.35 bits per heavy atom. The number of allylic oxidation sites excluding steroid dienone is 1. The number of nitrogens with zero attached hydrogens (tertiary/aromatic N) is 2. The average molecular weight is 345 g/mol. The van der Waals surface area contributed by atoms with Crippen molar-refractivity contribution in [2.45, 2.75) is 31.7 Å². The number of ether oxygens (including phenoxy) is 1. The lowest BCUT2D eigenvalue weighted by Gasteiger charge is -2.42. The number of carboxylic acid groups (broad SMARTS) is 1. The molecule has 1 unspecified atom stereocenters. The van der Waals surface area contributed by atoms with Crippen LogP contribution in [0.1, 0.15) is 26.2 Å². The van der Waals surface area contributed by atoms with Gasteiger partial charge in [-0.2, -0.15) is 0 Å². The maximum Gasteiger partial charge on any atom is 0.326 e. The molecular formula is C16H25ClN2O4. The van der Waals surface area contributed by atoms with Gasteiger partial charge in [0.25, 0.3) is 0 Å². The third-order valence-electron chi connectivity index (χ3n) is 5.17. The second kappa shape index (κ2) is 7.20. The number of carbonyl (C=O) groups is 2. The summed E-state index contributed by atoms with van der Waals surface area (Å²) in [5.41, 5.74) is 0.285. The molecular weight excluding hydrogens is 320 g/mol. The standard InChI is InChI=1S/C16H24N2O4.ClH/c1-12(13-2-3-13)10-14(19)17-5-7-18(8-6-17)16(15(20)21)4-9-22-11-16;/h10,13H,2-9,11H2,1H3,(H,20,21);1H/b12-10+;. The van der Waals surface area contributed by atoms with E-state index < -0.39 is 11.5 Å². The fourth-order valence-electron chi connectivity index (χ4n) is 3.40. The van der Waals surface area contributed by atoms with Crippen molar-refractivity contribution in [3.05, 3.63) is 11.6 Å². The van der Waals surface area contributed by atoms with Crippen LogP contribution in [0.15, 0.2) is 11.6 Å². The Labute approximate surface area is 142 Å². The minimum absolute atomic E-state index is 0. The molecule has 3 fully saturated rings. The molecule has 3 rings (SSSR count). The van der Waals surface area contributed by atoms with E-state index in [1.807, 2.05) is 16.7 Å². The summed E-state index contributed by atoms with van der Waals surface area (Å²) in [6, 6.07) is 0. The maximum atomic E-state index is 12.3. The smallest absolute Gasteiger partial charge is 0.326 e. The molecule has 2 aliphatic heterocycles. The van der Waals surface area contributed by atoms with Crippen LogP contribution >= 0.6 is 12.4 Å². The fraction of sp³-hybridized carbons (Fsp3) is 0.750. The Bertz CT molecular complexity index is 490. The van der Waals surface area contributed by atoms with Gasteiger partial charge in [0.1, 0.15) is 5.54 Å². The van der Waals surface area contributed by atoms with Crippen molar-refractivity contribution in [2.24, 2.45) is 5.92 Å². The number of halogens is 1. The molecule has 3 aliphatic rings. The molecule has 2 heterocycles. The zero-order valence-electron chi connectivity index (χ0n) is 13.5. The van der Waals surface area contributed by atoms with Crippen molar-refractivity contribution in [1.29, 1.82) is 0 Å². The van der Waals surface area contributed by atoms with E-state index in [0.717, 1.165) is 0 Å². The van der Waals surface area contributed by atoms with Gasteiger partial charge in [0.05, 0.1) is 6.61 Å². The summed E-state index contributed by atoms with van der Waals surface area (Å²) in [5.74, 6) is -0.137. The van der Waals surface area contributed by atoms with Crippen molar-refractivity contribution >= 4 is 24.3 Å². The van der Waals surface area contributed by atoms with E-state index in [4.69, 9.17) is 4.74 Å². The lowest BCUT2D eigenvalue weighted by molar-refractivity contribution is -0.153. The maximum absolute atomic E-state index is 12.3. The third-order valence-corrected chi connectivity index (χ3v) is 5.17. The van der Waals surface area contributed by atoms with Gasteiger partial charge in [0.15, 0.2) is 0 Å². The number of hydrogen-bond donors (Lipinski definition) is 1. The summed E-state index contributed by atoms with van der Waals surface area (Å²) >= 11 is 0. The van der Waals surface area contributed by atoms with E-state index in [1.54, 1.807) is 6.08 Å². The van der Waals surface area contributed by atoms with Crippen molar-refractivity contribution in [3.63, 3.8) is 0 Å². The van der Waals surface area contributed by atoms with Crippen LogP contribution in [-0.4, -0.2) is 71.7 Å². The monoisotopic (exact) mass is 344 g/mol. The summed E-state index contributed by atoms with van der Waals surface area (Å²) in [7, 11) is 0. The summed E-state index contributed by atoms with van der Waals surface area (Å²) < 4.78 is 5.32. The first-order valence-electron chi connectivity index (χ1n) is 8.06. The van der Waals surface area contributed by atoms with Gasteiger partial charge < -0.3 is 14.7 Å². The van der Waals surface area contributed by atoms with Gasteiger partial charge in [-0.15, -0.1) is 12.4 Å². The first-order valence-corrected chi connectivity index (χ1v) is 8.06. The first-order chi connectivity index (χ1) is 10.5. The second-order valence-corrected chi connectivity index (χ2v) is 6.61. The number of amides is 1. The number of aliphatic carboxylic acids is 1. The normalized spacial score (nSPS) is 29.3. The molecule has 0 bridgehead atoms. The molecule has 1 amide bonds. The van der Waals surface area contributed by atoms with Gasteiger partial charge in [-0.25, -0.2) is 0 Å². The lowest BCUT2D eigenvalue weighted by atomic mass is 9.95. The fourth-order valence-corrected chi connectivity index (χ4v) is 3.40. The van der Waals surface area contributed by atoms with E-state index in [0.29, 0.717) is 45.1 Å². The summed E-state index contributed by atoms with van der Waals surface area (Å²) in [4.78, 5) is 27.7. The molecule has 130 valence electrons. The quantitative estimate of drug-likeness (QED) is 0.775. The van der Waals surface area contributed by atoms with Crippen LogP contribution in [0, 0.1) is 5.92 Å². The van der Waals surface area contributed by atoms with Gasteiger partial charge >= 0.3 is 5.97 Å². The van der Waals surface area contributed by atoms with E-state index in [2.05, 4.69) is 0 Å². The topological polar surface area (TPSA) is 70.1 Å². The van der Waals surface area contributed by atoms with Crippen molar-refractivity contribution in [3.8, 4) is 0 Å². The zero-order chi connectivity index (χ0) is 15.7. The minimum atomic E-state index is -0.894. The molecule has 6 nitrogen and oxygen atoms in total. The third kappa shape index (κ3) is 3.70. The Morgan fingerprint density at radius 1 is 1.22 bits per heavy atom. The number of carboxylic acids is 1. The molecule has 23 heavy (non-hydrogen) atoms. The molecule has 0 aromatic heterocycles. The van der Waals surface area contributed by atoms with E-state index in [-0.39, 0.29) is 24.9 Å². The predicted octanol–water partition coefficient (Wildman–Crippen LogP) is 1.15. The summed E-state index contributed by atoms with van der Waals surface area (Å²) in [6.45, 7) is 5.13. The Hall–Kier alpha value is -1.11. The lowest BCUT2D eigenvalue weighted by Crippen LogP contribution is -2.61. The molecule has 0 aromatic carbocycles. The van der Waals surface area contributed by atoms with Crippen LogP contribution in [0.5, 0.6) is 0 Å². The highest BCUT2D eigenvalue weighted by Gasteiger charge is 2.48. The SMILES string of the molecule is C/C(=C\C(=O)N1CCN(C2(C(=O)O)CCOC2)CC1)C1CC1.Cl. The van der Waals surface area contributed by atoms with Crippen LogP contribution in [0.25, 0.3) is 0 Å². The van der Waals surface area contributed by atoms with E-state index in [1.165, 1.54) is 18.4 Å². The predicted molar refractivity (Wildman–Crippen MR) is 87.7 cm³/mol. The Kier molecular flexibility index (Phi) is 5.70. The minimum Gasteiger partial charge on any atom is -0.480 e. The molecule has 0 radical (unpaired) electrons. The molecule has 1 saturated carbocycles. The molecule has 1 N–H and O–H groups in total. The van der Waals surface area contributed by atoms with Gasteiger partial charge in [-0.05, 0) is 25.7 Å². The number of carbonyl (C=O) groups excluding carboxylic acids is 1. The molecule has 1 aliphatic carbocycles. The zero-order valence-corrected chi connectivity index (χ0v) is 14.3.